The summed E-state index contributed by atoms with van der Waals surface area (Å²) in [6.45, 7) is 2.95. The molecule has 5 nitrogen and oxygen atoms in total. The number of halogens is 1. The summed E-state index contributed by atoms with van der Waals surface area (Å²) in [5.74, 6) is 0.462. The molecule has 0 spiro atoms. The second kappa shape index (κ2) is 7.36. The predicted molar refractivity (Wildman–Crippen MR) is 94.2 cm³/mol. The largest absolute Gasteiger partial charge is 0.484 e. The lowest BCUT2D eigenvalue weighted by Gasteiger charge is -2.09. The molecule has 1 N–H and O–H groups in total. The van der Waals surface area contributed by atoms with Crippen molar-refractivity contribution in [1.29, 1.82) is 0 Å². The van der Waals surface area contributed by atoms with Gasteiger partial charge in [-0.2, -0.15) is 5.10 Å². The summed E-state index contributed by atoms with van der Waals surface area (Å²) >= 11 is 6.07. The van der Waals surface area contributed by atoms with Gasteiger partial charge in [0.25, 0.3) is 5.91 Å². The molecule has 2 aromatic carbocycles. The summed E-state index contributed by atoms with van der Waals surface area (Å²) in [5.41, 5.74) is 0.790. The van der Waals surface area contributed by atoms with Crippen LogP contribution in [0.15, 0.2) is 48.7 Å². The number of aromatic nitrogens is 2. The highest BCUT2D eigenvalue weighted by Crippen LogP contribution is 2.20. The van der Waals surface area contributed by atoms with Crippen LogP contribution in [-0.2, 0) is 17.9 Å². The number of nitrogens with one attached hydrogen (secondary N) is 1. The van der Waals surface area contributed by atoms with Gasteiger partial charge in [-0.3, -0.25) is 9.48 Å². The number of rotatable bonds is 6. The standard InChI is InChI=1S/C18H18ClN3O2/c1-2-22-17(16(19)10-21-22)11-20-18(23)12-24-15-8-7-13-5-3-4-6-14(13)9-15/h3-10H,2,11-12H2,1H3,(H,20,23). The molecule has 1 heterocycles. The van der Waals surface area contributed by atoms with Gasteiger partial charge >= 0.3 is 0 Å². The molecule has 0 aliphatic carbocycles. The van der Waals surface area contributed by atoms with E-state index in [9.17, 15) is 4.79 Å². The Morgan fingerprint density at radius 1 is 1.25 bits per heavy atom. The number of carbonyl (C=O) groups excluding carboxylic acids is 1. The summed E-state index contributed by atoms with van der Waals surface area (Å²) in [6, 6.07) is 13.8. The van der Waals surface area contributed by atoms with Crippen LogP contribution < -0.4 is 10.1 Å². The molecule has 0 atom stereocenters. The third-order valence-electron chi connectivity index (χ3n) is 3.74. The Kier molecular flexibility index (Phi) is 5.01. The molecular weight excluding hydrogens is 326 g/mol. The first-order valence-electron chi connectivity index (χ1n) is 7.76. The van der Waals surface area contributed by atoms with Crippen molar-refractivity contribution in [2.45, 2.75) is 20.0 Å². The number of benzene rings is 2. The summed E-state index contributed by atoms with van der Waals surface area (Å²) < 4.78 is 7.32. The first-order valence-corrected chi connectivity index (χ1v) is 8.13. The van der Waals surface area contributed by atoms with Crippen LogP contribution in [0.25, 0.3) is 10.8 Å². The van der Waals surface area contributed by atoms with Gasteiger partial charge in [-0.15, -0.1) is 0 Å². The monoisotopic (exact) mass is 343 g/mol. The molecule has 124 valence electrons. The van der Waals surface area contributed by atoms with E-state index < -0.39 is 0 Å². The SMILES string of the molecule is CCn1ncc(Cl)c1CNC(=O)COc1ccc2ccccc2c1. The van der Waals surface area contributed by atoms with Crippen molar-refractivity contribution in [3.05, 3.63) is 59.4 Å². The van der Waals surface area contributed by atoms with Crippen molar-refractivity contribution < 1.29 is 9.53 Å². The Hall–Kier alpha value is -2.53. The van der Waals surface area contributed by atoms with Crippen molar-refractivity contribution in [2.75, 3.05) is 6.61 Å². The Morgan fingerprint density at radius 2 is 2.04 bits per heavy atom. The number of nitrogens with zero attached hydrogens (tertiary/aromatic N) is 2. The number of ether oxygens (including phenoxy) is 1. The zero-order valence-corrected chi connectivity index (χ0v) is 14.1. The highest BCUT2D eigenvalue weighted by atomic mass is 35.5. The second-order valence-electron chi connectivity index (χ2n) is 5.33. The lowest BCUT2D eigenvalue weighted by Crippen LogP contribution is -2.29. The maximum Gasteiger partial charge on any atom is 0.258 e. The molecule has 3 aromatic rings. The van der Waals surface area contributed by atoms with E-state index in [1.165, 1.54) is 0 Å². The minimum atomic E-state index is -0.205. The third-order valence-corrected chi connectivity index (χ3v) is 4.06. The van der Waals surface area contributed by atoms with Crippen LogP contribution in [0.5, 0.6) is 5.75 Å². The lowest BCUT2D eigenvalue weighted by molar-refractivity contribution is -0.123. The molecule has 0 saturated heterocycles. The van der Waals surface area contributed by atoms with Gasteiger partial charge < -0.3 is 10.1 Å². The zero-order valence-electron chi connectivity index (χ0n) is 13.3. The van der Waals surface area contributed by atoms with E-state index in [1.807, 2.05) is 49.4 Å². The van der Waals surface area contributed by atoms with Gasteiger partial charge in [0.05, 0.1) is 23.5 Å². The van der Waals surface area contributed by atoms with Crippen LogP contribution in [0.3, 0.4) is 0 Å². The van der Waals surface area contributed by atoms with Gasteiger partial charge in [-0.25, -0.2) is 0 Å². The van der Waals surface area contributed by atoms with Gasteiger partial charge in [-0.1, -0.05) is 41.9 Å². The van der Waals surface area contributed by atoms with Crippen molar-refractivity contribution in [2.24, 2.45) is 0 Å². The topological polar surface area (TPSA) is 56.2 Å². The highest BCUT2D eigenvalue weighted by Gasteiger charge is 2.10. The summed E-state index contributed by atoms with van der Waals surface area (Å²) in [6.07, 6.45) is 1.58. The number of hydrogen-bond donors (Lipinski definition) is 1. The predicted octanol–water partition coefficient (Wildman–Crippen LogP) is 3.40. The van der Waals surface area contributed by atoms with Crippen LogP contribution in [0.1, 0.15) is 12.6 Å². The fourth-order valence-electron chi connectivity index (χ4n) is 2.48. The van der Waals surface area contributed by atoms with Crippen LogP contribution in [-0.4, -0.2) is 22.3 Å². The average Bonchev–Trinajstić information content (AvgIpc) is 2.97. The van der Waals surface area contributed by atoms with Crippen LogP contribution in [0, 0.1) is 0 Å². The van der Waals surface area contributed by atoms with Crippen molar-refractivity contribution in [3.8, 4) is 5.75 Å². The van der Waals surface area contributed by atoms with Crippen molar-refractivity contribution in [3.63, 3.8) is 0 Å². The van der Waals surface area contributed by atoms with E-state index in [-0.39, 0.29) is 12.5 Å². The summed E-state index contributed by atoms with van der Waals surface area (Å²) in [4.78, 5) is 12.0. The van der Waals surface area contributed by atoms with Gasteiger partial charge in [0.15, 0.2) is 6.61 Å². The van der Waals surface area contributed by atoms with Gasteiger partial charge in [0.2, 0.25) is 0 Å². The van der Waals surface area contributed by atoms with Gasteiger partial charge in [-0.05, 0) is 29.8 Å². The zero-order chi connectivity index (χ0) is 16.9. The van der Waals surface area contributed by atoms with Gasteiger partial charge in [0, 0.05) is 6.54 Å². The third kappa shape index (κ3) is 3.68. The number of fused-ring (bicyclic) bond motifs is 1. The molecule has 0 saturated carbocycles. The van der Waals surface area contributed by atoms with E-state index >= 15 is 0 Å². The van der Waals surface area contributed by atoms with Crippen LogP contribution >= 0.6 is 11.6 Å². The van der Waals surface area contributed by atoms with E-state index in [4.69, 9.17) is 16.3 Å². The maximum absolute atomic E-state index is 12.0. The highest BCUT2D eigenvalue weighted by molar-refractivity contribution is 6.31. The normalized spacial score (nSPS) is 10.8. The smallest absolute Gasteiger partial charge is 0.258 e. The molecule has 0 aliphatic rings. The molecule has 0 fully saturated rings. The van der Waals surface area contributed by atoms with Gasteiger partial charge in [0.1, 0.15) is 5.75 Å². The fourth-order valence-corrected chi connectivity index (χ4v) is 2.68. The van der Waals surface area contributed by atoms with E-state index in [2.05, 4.69) is 10.4 Å². The summed E-state index contributed by atoms with van der Waals surface area (Å²) in [5, 5.41) is 9.70. The molecule has 6 heteroatoms. The van der Waals surface area contributed by atoms with E-state index in [0.717, 1.165) is 16.5 Å². The molecule has 24 heavy (non-hydrogen) atoms. The molecule has 0 unspecified atom stereocenters. The minimum absolute atomic E-state index is 0.0454. The molecule has 0 radical (unpaired) electrons. The van der Waals surface area contributed by atoms with Crippen LogP contribution in [0.2, 0.25) is 5.02 Å². The Morgan fingerprint density at radius 3 is 2.83 bits per heavy atom. The fraction of sp³-hybridized carbons (Fsp3) is 0.222. The maximum atomic E-state index is 12.0. The Balaban J connectivity index is 1.55. The quantitative estimate of drug-likeness (QED) is 0.746. The minimum Gasteiger partial charge on any atom is -0.484 e. The summed E-state index contributed by atoms with van der Waals surface area (Å²) in [7, 11) is 0. The van der Waals surface area contributed by atoms with E-state index in [0.29, 0.717) is 23.9 Å². The molecule has 0 aliphatic heterocycles. The van der Waals surface area contributed by atoms with Crippen LogP contribution in [0.4, 0.5) is 0 Å². The molecular formula is C18H18ClN3O2. The molecule has 1 aromatic heterocycles. The van der Waals surface area contributed by atoms with E-state index in [1.54, 1.807) is 10.9 Å². The number of aryl methyl sites for hydroxylation is 1. The molecule has 0 bridgehead atoms. The number of hydrogen-bond acceptors (Lipinski definition) is 3. The second-order valence-corrected chi connectivity index (χ2v) is 5.74. The molecule has 3 rings (SSSR count). The Bertz CT molecular complexity index is 860. The number of carbonyl (C=O) groups is 1. The van der Waals surface area contributed by atoms with Crippen molar-refractivity contribution >= 4 is 28.3 Å². The molecule has 1 amide bonds. The number of amides is 1. The first kappa shape index (κ1) is 16.3. The Labute approximate surface area is 145 Å². The average molecular weight is 344 g/mol. The van der Waals surface area contributed by atoms with Crippen molar-refractivity contribution in [1.82, 2.24) is 15.1 Å². The lowest BCUT2D eigenvalue weighted by atomic mass is 10.1. The first-order chi connectivity index (χ1) is 11.7.